The molecule has 8 nitrogen and oxygen atoms in total. The molecule has 5 rings (SSSR count). The third-order valence-electron chi connectivity index (χ3n) is 7.49. The van der Waals surface area contributed by atoms with Gasteiger partial charge < -0.3 is 19.5 Å². The number of fused-ring (bicyclic) bond motifs is 2. The largest absolute Gasteiger partial charge is 0.465 e. The average Bonchev–Trinajstić information content (AvgIpc) is 3.30. The molecule has 4 fully saturated rings. The zero-order chi connectivity index (χ0) is 23.2. The van der Waals surface area contributed by atoms with Gasteiger partial charge in [0.25, 0.3) is 0 Å². The summed E-state index contributed by atoms with van der Waals surface area (Å²) in [5.74, 6) is -1.61. The van der Waals surface area contributed by atoms with Crippen LogP contribution in [0.15, 0.2) is 18.2 Å². The number of hydrogen-bond donors (Lipinski definition) is 1. The van der Waals surface area contributed by atoms with E-state index < -0.39 is 64.6 Å². The quantitative estimate of drug-likeness (QED) is 0.742. The number of anilines is 1. The molecule has 11 heteroatoms. The number of carbonyl (C=O) groups is 2. The van der Waals surface area contributed by atoms with E-state index in [2.05, 4.69) is 0 Å². The summed E-state index contributed by atoms with van der Waals surface area (Å²) >= 11 is 0. The van der Waals surface area contributed by atoms with Crippen molar-refractivity contribution in [2.24, 2.45) is 11.8 Å². The summed E-state index contributed by atoms with van der Waals surface area (Å²) in [7, 11) is 1.46. The van der Waals surface area contributed by atoms with E-state index in [1.165, 1.54) is 29.0 Å². The molecule has 32 heavy (non-hydrogen) atoms. The Bertz CT molecular complexity index is 1070. The molecule has 4 aliphatic heterocycles. The highest BCUT2D eigenvalue weighted by Gasteiger charge is 2.79. The lowest BCUT2D eigenvalue weighted by Gasteiger charge is -2.47. The van der Waals surface area contributed by atoms with Gasteiger partial charge in [-0.15, -0.1) is 0 Å². The topological polar surface area (TPSA) is 103 Å². The zero-order valence-electron chi connectivity index (χ0n) is 17.2. The van der Waals surface area contributed by atoms with Gasteiger partial charge in [-0.3, -0.25) is 9.69 Å². The number of carbonyl (C=O) groups excluding carboxylic acids is 1. The Labute approximate surface area is 181 Å². The molecular weight excluding hydrogens is 431 g/mol. The van der Waals surface area contributed by atoms with Gasteiger partial charge in [-0.05, 0) is 25.1 Å². The summed E-state index contributed by atoms with van der Waals surface area (Å²) in [4.78, 5) is 27.6. The predicted octanol–water partition coefficient (Wildman–Crippen LogP) is 2.81. The van der Waals surface area contributed by atoms with Crippen molar-refractivity contribution in [2.75, 3.05) is 18.6 Å². The number of halogens is 3. The molecule has 2 amide bonds. The fourth-order valence-electron chi connectivity index (χ4n) is 6.29. The van der Waals surface area contributed by atoms with Gasteiger partial charge in [0.15, 0.2) is 0 Å². The Hall–Kier alpha value is -2.84. The van der Waals surface area contributed by atoms with Gasteiger partial charge in [-0.1, -0.05) is 0 Å². The van der Waals surface area contributed by atoms with E-state index in [0.717, 1.165) is 12.1 Å². The van der Waals surface area contributed by atoms with E-state index in [9.17, 15) is 27.9 Å². The van der Waals surface area contributed by atoms with E-state index >= 15 is 0 Å². The second-order valence-corrected chi connectivity index (χ2v) is 9.05. The first kappa shape index (κ1) is 21.0. The molecule has 1 spiro atoms. The summed E-state index contributed by atoms with van der Waals surface area (Å²) in [5.41, 5.74) is -3.59. The highest BCUT2D eigenvalue weighted by atomic mass is 19.4. The van der Waals surface area contributed by atoms with Crippen molar-refractivity contribution in [3.8, 4) is 6.07 Å². The van der Waals surface area contributed by atoms with Gasteiger partial charge >= 0.3 is 12.3 Å². The van der Waals surface area contributed by atoms with Crippen LogP contribution in [0.2, 0.25) is 0 Å². The molecule has 170 valence electrons. The smallest absolute Gasteiger partial charge is 0.417 e. The number of nitriles is 1. The van der Waals surface area contributed by atoms with E-state index in [-0.39, 0.29) is 12.3 Å². The number of hydrogen-bond acceptors (Lipinski definition) is 5. The molecule has 1 aromatic rings. The van der Waals surface area contributed by atoms with Gasteiger partial charge in [-0.2, -0.15) is 18.4 Å². The van der Waals surface area contributed by atoms with Gasteiger partial charge in [0, 0.05) is 25.6 Å². The number of nitrogens with zero attached hydrogens (tertiary/aromatic N) is 3. The Morgan fingerprint density at radius 3 is 2.75 bits per heavy atom. The van der Waals surface area contributed by atoms with E-state index in [4.69, 9.17) is 14.7 Å². The van der Waals surface area contributed by atoms with Crippen LogP contribution in [0.1, 0.15) is 30.9 Å². The van der Waals surface area contributed by atoms with Crippen molar-refractivity contribution >= 4 is 17.7 Å². The molecule has 2 bridgehead atoms. The average molecular weight is 451 g/mol. The summed E-state index contributed by atoms with van der Waals surface area (Å²) in [6.45, 7) is 1.92. The Morgan fingerprint density at radius 1 is 1.41 bits per heavy atom. The van der Waals surface area contributed by atoms with Gasteiger partial charge in [0.2, 0.25) is 5.91 Å². The Kier molecular flexibility index (Phi) is 4.18. The molecule has 0 aromatic heterocycles. The Balaban J connectivity index is 1.60. The number of amides is 2. The van der Waals surface area contributed by atoms with Gasteiger partial charge in [0.1, 0.15) is 6.23 Å². The maximum Gasteiger partial charge on any atom is 0.417 e. The third-order valence-corrected chi connectivity index (χ3v) is 7.49. The monoisotopic (exact) mass is 451 g/mol. The maximum absolute atomic E-state index is 13.5. The normalized spacial score (nSPS) is 37.4. The number of carboxylic acid groups (broad SMARTS) is 1. The molecule has 0 saturated carbocycles. The second-order valence-electron chi connectivity index (χ2n) is 9.05. The molecule has 0 unspecified atom stereocenters. The van der Waals surface area contributed by atoms with Crippen LogP contribution in [-0.2, 0) is 20.4 Å². The standard InChI is InChI=1S/C21H20F3N3O5/c1-19-8-13(26(2)18(29)30)20(32-19)5-6-31-17-15(20)14(19)16(28)27(17)11-4-3-10(9-25)12(7-11)21(22,23)24/h3-4,7,13-15,17H,5-6,8H2,1-2H3,(H,29,30)/t13-,14+,15-,17-,19+,20-/m0/s1. The number of benzene rings is 1. The highest BCUT2D eigenvalue weighted by Crippen LogP contribution is 2.66. The predicted molar refractivity (Wildman–Crippen MR) is 101 cm³/mol. The van der Waals surface area contributed by atoms with Gasteiger partial charge in [-0.25, -0.2) is 4.79 Å². The second kappa shape index (κ2) is 6.36. The Morgan fingerprint density at radius 2 is 2.12 bits per heavy atom. The minimum absolute atomic E-state index is 0.0103. The summed E-state index contributed by atoms with van der Waals surface area (Å²) in [6.07, 6.45) is -6.08. The summed E-state index contributed by atoms with van der Waals surface area (Å²) in [5, 5.41) is 18.6. The molecular formula is C21H20F3N3O5. The zero-order valence-corrected chi connectivity index (χ0v) is 17.2. The van der Waals surface area contributed by atoms with Crippen LogP contribution >= 0.6 is 0 Å². The van der Waals surface area contributed by atoms with E-state index in [1.54, 1.807) is 6.92 Å². The number of rotatable bonds is 2. The molecule has 4 heterocycles. The van der Waals surface area contributed by atoms with Crippen LogP contribution in [0, 0.1) is 23.2 Å². The van der Waals surface area contributed by atoms with Crippen LogP contribution in [0.25, 0.3) is 0 Å². The lowest BCUT2D eigenvalue weighted by molar-refractivity contribution is -0.151. The first-order chi connectivity index (χ1) is 14.9. The molecule has 6 atom stereocenters. The molecule has 1 N–H and O–H groups in total. The SMILES string of the molecule is CN(C(=O)O)[C@H]1C[C@@]2(C)O[C@@]13CCO[C@H]1[C@@H]3[C@@H]2C(=O)N1c1ccc(C#N)c(C(F)(F)F)c1. The number of likely N-dealkylation sites (N-methyl/N-ethyl adjacent to an activating group) is 1. The first-order valence-electron chi connectivity index (χ1n) is 10.2. The minimum atomic E-state index is -4.77. The van der Waals surface area contributed by atoms with Crippen LogP contribution in [0.5, 0.6) is 0 Å². The van der Waals surface area contributed by atoms with Crippen molar-refractivity contribution in [3.05, 3.63) is 29.3 Å². The van der Waals surface area contributed by atoms with E-state index in [1.807, 2.05) is 0 Å². The molecule has 1 aromatic carbocycles. The van der Waals surface area contributed by atoms with E-state index in [0.29, 0.717) is 12.8 Å². The van der Waals surface area contributed by atoms with Crippen LogP contribution < -0.4 is 4.90 Å². The molecule has 4 saturated heterocycles. The minimum Gasteiger partial charge on any atom is -0.465 e. The molecule has 0 aliphatic carbocycles. The number of ether oxygens (including phenoxy) is 2. The fraction of sp³-hybridized carbons (Fsp3) is 0.571. The lowest BCUT2D eigenvalue weighted by atomic mass is 9.63. The van der Waals surface area contributed by atoms with Crippen molar-refractivity contribution in [1.82, 2.24) is 4.90 Å². The highest BCUT2D eigenvalue weighted by molar-refractivity contribution is 6.00. The van der Waals surface area contributed by atoms with Crippen LogP contribution in [0.4, 0.5) is 23.7 Å². The molecule has 0 radical (unpaired) electrons. The fourth-order valence-corrected chi connectivity index (χ4v) is 6.29. The third kappa shape index (κ3) is 2.50. The molecule has 4 aliphatic rings. The van der Waals surface area contributed by atoms with Crippen molar-refractivity contribution < 1.29 is 37.3 Å². The number of alkyl halides is 3. The van der Waals surface area contributed by atoms with Crippen LogP contribution in [0.3, 0.4) is 0 Å². The van der Waals surface area contributed by atoms with Crippen molar-refractivity contribution in [1.29, 1.82) is 5.26 Å². The summed E-state index contributed by atoms with van der Waals surface area (Å²) in [6, 6.07) is 4.19. The lowest BCUT2D eigenvalue weighted by Crippen LogP contribution is -2.61. The summed E-state index contributed by atoms with van der Waals surface area (Å²) < 4.78 is 52.9. The first-order valence-corrected chi connectivity index (χ1v) is 10.2. The van der Waals surface area contributed by atoms with Crippen LogP contribution in [-0.4, -0.2) is 59.1 Å². The van der Waals surface area contributed by atoms with Crippen molar-refractivity contribution in [3.63, 3.8) is 0 Å². The van der Waals surface area contributed by atoms with Gasteiger partial charge in [0.05, 0.1) is 52.9 Å². The maximum atomic E-state index is 13.5. The van der Waals surface area contributed by atoms with Crippen molar-refractivity contribution in [2.45, 2.75) is 49.4 Å².